The van der Waals surface area contributed by atoms with Gasteiger partial charge in [0.25, 0.3) is 0 Å². The highest BCUT2D eigenvalue weighted by Crippen LogP contribution is 2.42. The van der Waals surface area contributed by atoms with E-state index in [2.05, 4.69) is 22.6 Å². The van der Waals surface area contributed by atoms with E-state index in [1.54, 1.807) is 6.92 Å². The van der Waals surface area contributed by atoms with Gasteiger partial charge in [-0.15, -0.1) is 0 Å². The lowest BCUT2D eigenvalue weighted by atomic mass is 9.80. The minimum absolute atomic E-state index is 0.0298. The van der Waals surface area contributed by atoms with E-state index < -0.39 is 17.9 Å². The van der Waals surface area contributed by atoms with Crippen LogP contribution in [0.3, 0.4) is 0 Å². The zero-order valence-corrected chi connectivity index (χ0v) is 11.3. The third-order valence-electron chi connectivity index (χ3n) is 3.27. The molecule has 90 valence electrons. The van der Waals surface area contributed by atoms with Crippen LogP contribution in [0, 0.1) is 11.8 Å². The van der Waals surface area contributed by atoms with E-state index in [0.717, 1.165) is 19.3 Å². The predicted molar refractivity (Wildman–Crippen MR) is 65.2 cm³/mol. The number of alkyl halides is 1. The molecule has 2 fully saturated rings. The van der Waals surface area contributed by atoms with Crippen molar-refractivity contribution in [3.8, 4) is 0 Å². The van der Waals surface area contributed by atoms with Gasteiger partial charge in [-0.3, -0.25) is 9.59 Å². The number of fused-ring (bicyclic) bond motifs is 1. The molecular weight excluding hydrogens is 323 g/mol. The Balaban J connectivity index is 2.13. The molecule has 1 aliphatic heterocycles. The Kier molecular flexibility index (Phi) is 3.71. The smallest absolute Gasteiger partial charge is 0.321 e. The second kappa shape index (κ2) is 4.89. The first-order valence-corrected chi connectivity index (χ1v) is 6.91. The third-order valence-corrected chi connectivity index (χ3v) is 4.60. The molecule has 1 saturated carbocycles. The van der Waals surface area contributed by atoms with Gasteiger partial charge in [0.2, 0.25) is 0 Å². The van der Waals surface area contributed by atoms with Gasteiger partial charge >= 0.3 is 11.9 Å². The largest absolute Gasteiger partial charge is 0.465 e. The van der Waals surface area contributed by atoms with Crippen molar-refractivity contribution in [1.82, 2.24) is 0 Å². The molecule has 0 spiro atoms. The van der Waals surface area contributed by atoms with Gasteiger partial charge in [0, 0.05) is 9.84 Å². The summed E-state index contributed by atoms with van der Waals surface area (Å²) in [5.74, 6) is -1.45. The minimum Gasteiger partial charge on any atom is -0.465 e. The molecule has 0 N–H and O–H groups in total. The van der Waals surface area contributed by atoms with Crippen LogP contribution in [0.4, 0.5) is 0 Å². The van der Waals surface area contributed by atoms with Crippen molar-refractivity contribution in [2.24, 2.45) is 11.8 Å². The molecule has 1 aliphatic carbocycles. The van der Waals surface area contributed by atoms with Crippen molar-refractivity contribution >= 4 is 34.5 Å². The Morgan fingerprint density at radius 2 is 2.31 bits per heavy atom. The number of carbonyl (C=O) groups excluding carboxylic acids is 2. The number of hydrogen-bond acceptors (Lipinski definition) is 4. The van der Waals surface area contributed by atoms with Crippen LogP contribution in [-0.2, 0) is 19.1 Å². The van der Waals surface area contributed by atoms with E-state index in [1.165, 1.54) is 0 Å². The quantitative estimate of drug-likeness (QED) is 0.333. The maximum Gasteiger partial charge on any atom is 0.321 e. The lowest BCUT2D eigenvalue weighted by Gasteiger charge is -2.29. The average Bonchev–Trinajstić information content (AvgIpc) is 2.56. The Bertz CT molecular complexity index is 304. The van der Waals surface area contributed by atoms with Crippen LogP contribution in [0.1, 0.15) is 26.2 Å². The van der Waals surface area contributed by atoms with Crippen LogP contribution < -0.4 is 0 Å². The highest BCUT2D eigenvalue weighted by molar-refractivity contribution is 14.1. The number of carbonyl (C=O) groups is 2. The van der Waals surface area contributed by atoms with Crippen LogP contribution in [0.2, 0.25) is 0 Å². The summed E-state index contributed by atoms with van der Waals surface area (Å²) >= 11 is 2.31. The zero-order valence-electron chi connectivity index (χ0n) is 9.15. The second-order valence-corrected chi connectivity index (χ2v) is 5.84. The molecule has 0 aromatic carbocycles. The lowest BCUT2D eigenvalue weighted by Crippen LogP contribution is -2.36. The molecule has 2 rings (SSSR count). The average molecular weight is 338 g/mol. The van der Waals surface area contributed by atoms with E-state index in [9.17, 15) is 9.59 Å². The maximum absolute atomic E-state index is 11.7. The van der Waals surface area contributed by atoms with Crippen molar-refractivity contribution in [1.29, 1.82) is 0 Å². The molecule has 4 atom stereocenters. The maximum atomic E-state index is 11.7. The molecule has 4 nitrogen and oxygen atoms in total. The fourth-order valence-corrected chi connectivity index (χ4v) is 3.67. The van der Waals surface area contributed by atoms with Gasteiger partial charge in [-0.05, 0) is 19.8 Å². The Morgan fingerprint density at radius 3 is 3.00 bits per heavy atom. The second-order valence-electron chi connectivity index (χ2n) is 4.24. The van der Waals surface area contributed by atoms with Crippen LogP contribution in [0.25, 0.3) is 0 Å². The molecule has 2 aliphatic rings. The van der Waals surface area contributed by atoms with Gasteiger partial charge in [-0.1, -0.05) is 29.0 Å². The molecular formula is C11H15IO4. The molecule has 0 radical (unpaired) electrons. The topological polar surface area (TPSA) is 52.6 Å². The van der Waals surface area contributed by atoms with Gasteiger partial charge in [0.15, 0.2) is 5.92 Å². The molecule has 1 saturated heterocycles. The first kappa shape index (κ1) is 12.1. The first-order valence-electron chi connectivity index (χ1n) is 5.66. The summed E-state index contributed by atoms with van der Waals surface area (Å²) in [6, 6.07) is 0. The standard InChI is InChI=1S/C11H15IO4/c1-2-15-10(13)8-6-4-3-5-7(12)9(6)16-11(8)14/h6-9H,2-5H2,1H3/t6-,7+,8-,9+/m0/s1. The predicted octanol–water partition coefficient (Wildman–Crippen LogP) is 1.69. The molecule has 5 heteroatoms. The third kappa shape index (κ3) is 2.06. The lowest BCUT2D eigenvalue weighted by molar-refractivity contribution is -0.156. The molecule has 0 aromatic heterocycles. The fraction of sp³-hybridized carbons (Fsp3) is 0.818. The van der Waals surface area contributed by atoms with E-state index in [0.29, 0.717) is 10.5 Å². The molecule has 0 unspecified atom stereocenters. The number of rotatable bonds is 2. The minimum atomic E-state index is -0.678. The first-order chi connectivity index (χ1) is 7.65. The molecule has 0 bridgehead atoms. The Morgan fingerprint density at radius 1 is 1.56 bits per heavy atom. The normalized spacial score (nSPS) is 37.8. The van der Waals surface area contributed by atoms with Crippen LogP contribution in [-0.4, -0.2) is 28.6 Å². The van der Waals surface area contributed by atoms with Crippen molar-refractivity contribution in [2.45, 2.75) is 36.2 Å². The molecule has 0 aromatic rings. The highest BCUT2D eigenvalue weighted by atomic mass is 127. The van der Waals surface area contributed by atoms with Gasteiger partial charge in [-0.2, -0.15) is 0 Å². The molecule has 0 amide bonds. The van der Waals surface area contributed by atoms with Gasteiger partial charge < -0.3 is 9.47 Å². The summed E-state index contributed by atoms with van der Waals surface area (Å²) in [6.45, 7) is 2.06. The van der Waals surface area contributed by atoms with E-state index in [4.69, 9.17) is 9.47 Å². The van der Waals surface area contributed by atoms with Crippen molar-refractivity contribution < 1.29 is 19.1 Å². The van der Waals surface area contributed by atoms with Crippen LogP contribution in [0.15, 0.2) is 0 Å². The van der Waals surface area contributed by atoms with Crippen molar-refractivity contribution in [2.75, 3.05) is 6.61 Å². The summed E-state index contributed by atoms with van der Waals surface area (Å²) in [6.07, 6.45) is 2.92. The summed E-state index contributed by atoms with van der Waals surface area (Å²) in [4.78, 5) is 23.4. The fourth-order valence-electron chi connectivity index (χ4n) is 2.55. The molecule has 1 heterocycles. The SMILES string of the molecule is CCOC(=O)[C@H]1C(=O)O[C@@H]2[C@H]1CCC[C@H]2I. The van der Waals surface area contributed by atoms with Crippen molar-refractivity contribution in [3.63, 3.8) is 0 Å². The summed E-state index contributed by atoms with van der Waals surface area (Å²) in [7, 11) is 0. The van der Waals surface area contributed by atoms with Gasteiger partial charge in [0.1, 0.15) is 6.10 Å². The highest BCUT2D eigenvalue weighted by Gasteiger charge is 2.52. The van der Waals surface area contributed by atoms with Crippen molar-refractivity contribution in [3.05, 3.63) is 0 Å². The van der Waals surface area contributed by atoms with Crippen LogP contribution in [0.5, 0.6) is 0 Å². The monoisotopic (exact) mass is 338 g/mol. The number of ether oxygens (including phenoxy) is 2. The van der Waals surface area contributed by atoms with E-state index in [-0.39, 0.29) is 12.0 Å². The Hall–Kier alpha value is -0.330. The van der Waals surface area contributed by atoms with Crippen LogP contribution >= 0.6 is 22.6 Å². The zero-order chi connectivity index (χ0) is 11.7. The summed E-state index contributed by atoms with van der Waals surface area (Å²) in [5.41, 5.74) is 0. The number of halogens is 1. The number of hydrogen-bond donors (Lipinski definition) is 0. The van der Waals surface area contributed by atoms with E-state index in [1.807, 2.05) is 0 Å². The summed E-state index contributed by atoms with van der Waals surface area (Å²) < 4.78 is 10.6. The number of esters is 2. The van der Waals surface area contributed by atoms with Gasteiger partial charge in [0.05, 0.1) is 6.61 Å². The summed E-state index contributed by atoms with van der Waals surface area (Å²) in [5, 5.41) is 0. The Labute approximate surface area is 108 Å². The van der Waals surface area contributed by atoms with Gasteiger partial charge in [-0.25, -0.2) is 0 Å². The molecule has 16 heavy (non-hydrogen) atoms. The van der Waals surface area contributed by atoms with E-state index >= 15 is 0 Å².